The summed E-state index contributed by atoms with van der Waals surface area (Å²) in [6, 6.07) is 38.5. The van der Waals surface area contributed by atoms with E-state index in [0.717, 1.165) is 24.9 Å². The predicted molar refractivity (Wildman–Crippen MR) is 156 cm³/mol. The van der Waals surface area contributed by atoms with Gasteiger partial charge in [0.2, 0.25) is 0 Å². The third-order valence-corrected chi connectivity index (χ3v) is 7.28. The van der Waals surface area contributed by atoms with E-state index >= 15 is 0 Å². The lowest BCUT2D eigenvalue weighted by Gasteiger charge is -2.37. The van der Waals surface area contributed by atoms with Gasteiger partial charge in [-0.25, -0.2) is 0 Å². The number of nitrogens with zero attached hydrogens (tertiary/aromatic N) is 1. The van der Waals surface area contributed by atoms with Crippen LogP contribution in [0.15, 0.2) is 109 Å². The molecule has 0 saturated heterocycles. The number of esters is 1. The zero-order valence-corrected chi connectivity index (χ0v) is 22.8. The molecule has 196 valence electrons. The number of rotatable bonds is 12. The summed E-state index contributed by atoms with van der Waals surface area (Å²) in [5.41, 5.74) is 7.58. The molecule has 0 fully saturated rings. The molecule has 4 aromatic rings. The number of aryl methyl sites for hydroxylation is 1. The Balaban J connectivity index is 1.74. The van der Waals surface area contributed by atoms with Crippen molar-refractivity contribution in [2.24, 2.45) is 0 Å². The summed E-state index contributed by atoms with van der Waals surface area (Å²) in [5, 5.41) is 0. The van der Waals surface area contributed by atoms with Gasteiger partial charge in [-0.1, -0.05) is 116 Å². The first-order valence-corrected chi connectivity index (χ1v) is 13.7. The lowest BCUT2D eigenvalue weighted by molar-refractivity contribution is -0.145. The molecule has 0 aliphatic rings. The first-order chi connectivity index (χ1) is 18.6. The first kappa shape index (κ1) is 27.3. The highest BCUT2D eigenvalue weighted by Crippen LogP contribution is 2.35. The summed E-state index contributed by atoms with van der Waals surface area (Å²) in [6.45, 7) is 7.41. The molecule has 0 spiro atoms. The zero-order chi connectivity index (χ0) is 26.7. The van der Waals surface area contributed by atoms with Crippen LogP contribution in [0.25, 0.3) is 0 Å². The molecule has 0 amide bonds. The summed E-state index contributed by atoms with van der Waals surface area (Å²) < 4.78 is 5.47. The molecule has 3 nitrogen and oxygen atoms in total. The Morgan fingerprint density at radius 3 is 2.03 bits per heavy atom. The quantitative estimate of drug-likeness (QED) is 0.182. The predicted octanol–water partition coefficient (Wildman–Crippen LogP) is 8.10. The molecule has 0 heterocycles. The first-order valence-electron chi connectivity index (χ1n) is 13.7. The van der Waals surface area contributed by atoms with Crippen LogP contribution in [0.3, 0.4) is 0 Å². The average molecular weight is 506 g/mol. The molecular formula is C35H39NO2. The Bertz CT molecular complexity index is 1290. The van der Waals surface area contributed by atoms with Gasteiger partial charge in [-0.2, -0.15) is 0 Å². The van der Waals surface area contributed by atoms with Crippen LogP contribution in [-0.2, 0) is 28.9 Å². The van der Waals surface area contributed by atoms with Gasteiger partial charge in [0.25, 0.3) is 0 Å². The number of benzene rings is 4. The lowest BCUT2D eigenvalue weighted by Crippen LogP contribution is -2.33. The topological polar surface area (TPSA) is 29.5 Å². The third-order valence-electron chi connectivity index (χ3n) is 7.28. The van der Waals surface area contributed by atoms with Crippen LogP contribution in [-0.4, -0.2) is 17.5 Å². The van der Waals surface area contributed by atoms with E-state index in [1.807, 2.05) is 19.1 Å². The van der Waals surface area contributed by atoms with E-state index in [0.29, 0.717) is 13.0 Å². The maximum absolute atomic E-state index is 13.0. The Hall–Kier alpha value is -3.69. The summed E-state index contributed by atoms with van der Waals surface area (Å²) in [5.74, 6) is -0.169. The fraction of sp³-hybridized carbons (Fsp3) is 0.286. The standard InChI is InChI=1S/C35H39NO2/c1-4-30-18-12-13-21-32(30)23-29-17-14-22-33(24-29)34(25-35(37)38-5-2)36(26-28-15-8-6-9-16-28)27(3)31-19-10-7-11-20-31/h6-22,24,27,34H,4-5,23,25-26H2,1-3H3/t27-,34+/m1/s1. The number of ether oxygens (including phenoxy) is 1. The van der Waals surface area contributed by atoms with Crippen molar-refractivity contribution < 1.29 is 9.53 Å². The maximum Gasteiger partial charge on any atom is 0.307 e. The highest BCUT2D eigenvalue weighted by atomic mass is 16.5. The minimum Gasteiger partial charge on any atom is -0.466 e. The molecule has 3 heteroatoms. The Morgan fingerprint density at radius 2 is 1.34 bits per heavy atom. The van der Waals surface area contributed by atoms with Crippen molar-refractivity contribution in [2.75, 3.05) is 6.61 Å². The molecule has 0 aliphatic carbocycles. The van der Waals surface area contributed by atoms with Gasteiger partial charge >= 0.3 is 5.97 Å². The summed E-state index contributed by atoms with van der Waals surface area (Å²) in [4.78, 5) is 15.4. The molecule has 0 saturated carbocycles. The van der Waals surface area contributed by atoms with Crippen molar-refractivity contribution in [2.45, 2.75) is 58.7 Å². The van der Waals surface area contributed by atoms with E-state index in [-0.39, 0.29) is 18.1 Å². The van der Waals surface area contributed by atoms with Crippen LogP contribution in [0.2, 0.25) is 0 Å². The van der Waals surface area contributed by atoms with Gasteiger partial charge in [0.05, 0.1) is 13.0 Å². The smallest absolute Gasteiger partial charge is 0.307 e. The third kappa shape index (κ3) is 7.20. The van der Waals surface area contributed by atoms with E-state index in [1.165, 1.54) is 27.8 Å². The van der Waals surface area contributed by atoms with Crippen molar-refractivity contribution in [3.05, 3.63) is 143 Å². The van der Waals surface area contributed by atoms with E-state index < -0.39 is 0 Å². The highest BCUT2D eigenvalue weighted by Gasteiger charge is 2.29. The number of hydrogen-bond acceptors (Lipinski definition) is 3. The number of hydrogen-bond donors (Lipinski definition) is 0. The van der Waals surface area contributed by atoms with Crippen LogP contribution < -0.4 is 0 Å². The summed E-state index contributed by atoms with van der Waals surface area (Å²) >= 11 is 0. The molecule has 0 unspecified atom stereocenters. The van der Waals surface area contributed by atoms with Gasteiger partial charge < -0.3 is 4.74 Å². The van der Waals surface area contributed by atoms with Crippen LogP contribution >= 0.6 is 0 Å². The highest BCUT2D eigenvalue weighted by molar-refractivity contribution is 5.70. The van der Waals surface area contributed by atoms with Crippen LogP contribution in [0.5, 0.6) is 0 Å². The van der Waals surface area contributed by atoms with Gasteiger partial charge in [0, 0.05) is 18.6 Å². The largest absolute Gasteiger partial charge is 0.466 e. The van der Waals surface area contributed by atoms with Crippen molar-refractivity contribution in [3.8, 4) is 0 Å². The van der Waals surface area contributed by atoms with Crippen LogP contribution in [0.4, 0.5) is 0 Å². The number of carbonyl (C=O) groups is 1. The van der Waals surface area contributed by atoms with Gasteiger partial charge in [-0.15, -0.1) is 0 Å². The molecule has 0 radical (unpaired) electrons. The zero-order valence-electron chi connectivity index (χ0n) is 22.8. The Kier molecular flexibility index (Phi) is 9.89. The fourth-order valence-corrected chi connectivity index (χ4v) is 5.24. The van der Waals surface area contributed by atoms with E-state index in [2.05, 4.69) is 116 Å². The minimum absolute atomic E-state index is 0.0975. The van der Waals surface area contributed by atoms with Crippen LogP contribution in [0, 0.1) is 0 Å². The van der Waals surface area contributed by atoms with Gasteiger partial charge in [0.1, 0.15) is 0 Å². The molecule has 4 aromatic carbocycles. The van der Waals surface area contributed by atoms with Gasteiger partial charge in [-0.3, -0.25) is 9.69 Å². The normalized spacial score (nSPS) is 12.7. The Morgan fingerprint density at radius 1 is 0.737 bits per heavy atom. The molecule has 38 heavy (non-hydrogen) atoms. The van der Waals surface area contributed by atoms with Crippen LogP contribution in [0.1, 0.15) is 72.7 Å². The fourth-order valence-electron chi connectivity index (χ4n) is 5.24. The molecule has 0 aliphatic heterocycles. The average Bonchev–Trinajstić information content (AvgIpc) is 2.96. The van der Waals surface area contributed by atoms with E-state index in [9.17, 15) is 4.79 Å². The molecule has 2 atom stereocenters. The van der Waals surface area contributed by atoms with Crippen molar-refractivity contribution in [1.29, 1.82) is 0 Å². The lowest BCUT2D eigenvalue weighted by atomic mass is 9.93. The monoisotopic (exact) mass is 505 g/mol. The molecule has 4 rings (SSSR count). The molecule has 0 aromatic heterocycles. The molecule has 0 N–H and O–H groups in total. The number of carbonyl (C=O) groups excluding carboxylic acids is 1. The second-order valence-electron chi connectivity index (χ2n) is 9.81. The van der Waals surface area contributed by atoms with Crippen molar-refractivity contribution >= 4 is 5.97 Å². The van der Waals surface area contributed by atoms with E-state index in [1.54, 1.807) is 0 Å². The second kappa shape index (κ2) is 13.7. The maximum atomic E-state index is 13.0. The SMILES string of the molecule is CCOC(=O)C[C@@H](c1cccc(Cc2ccccc2CC)c1)N(Cc1ccccc1)[C@H](C)c1ccccc1. The van der Waals surface area contributed by atoms with Crippen molar-refractivity contribution in [3.63, 3.8) is 0 Å². The molecular weight excluding hydrogens is 466 g/mol. The molecule has 0 bridgehead atoms. The van der Waals surface area contributed by atoms with Gasteiger partial charge in [-0.05, 0) is 60.1 Å². The Labute approximate surface area is 228 Å². The van der Waals surface area contributed by atoms with Gasteiger partial charge in [0.15, 0.2) is 0 Å². The summed E-state index contributed by atoms with van der Waals surface area (Å²) in [7, 11) is 0. The van der Waals surface area contributed by atoms with E-state index in [4.69, 9.17) is 4.74 Å². The van der Waals surface area contributed by atoms with Crippen molar-refractivity contribution in [1.82, 2.24) is 4.90 Å². The minimum atomic E-state index is -0.169. The second-order valence-corrected chi connectivity index (χ2v) is 9.81. The summed E-state index contributed by atoms with van der Waals surface area (Å²) in [6.07, 6.45) is 2.19.